The molecule has 1 heterocycles. The summed E-state index contributed by atoms with van der Waals surface area (Å²) in [6, 6.07) is 6.26. The fraction of sp³-hybridized carbons (Fsp3) is 0.500. The summed E-state index contributed by atoms with van der Waals surface area (Å²) in [4.78, 5) is 0. The Labute approximate surface area is 78.8 Å². The van der Waals surface area contributed by atoms with E-state index >= 15 is 0 Å². The van der Waals surface area contributed by atoms with Gasteiger partial charge < -0.3 is 10.3 Å². The maximum atomic E-state index is 8.53. The Morgan fingerprint density at radius 2 is 2.31 bits per heavy atom. The predicted molar refractivity (Wildman–Crippen MR) is 52.0 cm³/mol. The molecule has 1 aromatic heterocycles. The van der Waals surface area contributed by atoms with Gasteiger partial charge in [0, 0.05) is 17.9 Å². The maximum absolute atomic E-state index is 8.53. The van der Waals surface area contributed by atoms with E-state index in [-0.39, 0.29) is 6.04 Å². The molecule has 3 nitrogen and oxygen atoms in total. The number of nitriles is 1. The molecule has 0 aliphatic carbocycles. The Bertz CT molecular complexity index is 306. The zero-order chi connectivity index (χ0) is 9.84. The van der Waals surface area contributed by atoms with Gasteiger partial charge in [0.05, 0.1) is 18.5 Å². The molecule has 0 aliphatic heterocycles. The van der Waals surface area contributed by atoms with E-state index in [1.54, 1.807) is 0 Å². The third kappa shape index (κ3) is 2.10. The minimum absolute atomic E-state index is 0.164. The van der Waals surface area contributed by atoms with Gasteiger partial charge >= 0.3 is 0 Å². The number of rotatable bonds is 3. The van der Waals surface area contributed by atoms with Crippen molar-refractivity contribution in [1.82, 2.24) is 4.57 Å². The molecule has 0 saturated carbocycles. The molecule has 0 fully saturated rings. The van der Waals surface area contributed by atoms with Crippen LogP contribution in [0, 0.1) is 11.3 Å². The molecule has 1 atom stereocenters. The zero-order valence-corrected chi connectivity index (χ0v) is 8.07. The lowest BCUT2D eigenvalue weighted by molar-refractivity contribution is 0.545. The highest BCUT2D eigenvalue weighted by Gasteiger charge is 2.11. The summed E-state index contributed by atoms with van der Waals surface area (Å²) in [6.45, 7) is 4.20. The average Bonchev–Trinajstić information content (AvgIpc) is 2.52. The average molecular weight is 177 g/mol. The molecule has 3 heteroatoms. The lowest BCUT2D eigenvalue weighted by atomic mass is 10.1. The van der Waals surface area contributed by atoms with Crippen molar-refractivity contribution in [2.24, 2.45) is 5.73 Å². The van der Waals surface area contributed by atoms with E-state index < -0.39 is 0 Å². The van der Waals surface area contributed by atoms with Gasteiger partial charge in [-0.05, 0) is 26.0 Å². The molecule has 1 rings (SSSR count). The predicted octanol–water partition coefficient (Wildman–Crippen LogP) is 1.98. The third-order valence-electron chi connectivity index (χ3n) is 2.06. The van der Waals surface area contributed by atoms with Crippen LogP contribution in [0.2, 0.25) is 0 Å². The minimum atomic E-state index is -0.164. The van der Waals surface area contributed by atoms with E-state index in [0.717, 1.165) is 5.69 Å². The largest absolute Gasteiger partial charge is 0.347 e. The van der Waals surface area contributed by atoms with Crippen molar-refractivity contribution in [2.45, 2.75) is 32.4 Å². The standard InChI is InChI=1S/C10H15N3/c1-8(2)13-7-3-4-10(13)9(12)5-6-11/h3-4,7-9H,5,12H2,1-2H3/t9-/m1/s1. The van der Waals surface area contributed by atoms with Gasteiger partial charge in [-0.2, -0.15) is 5.26 Å². The Kier molecular flexibility index (Phi) is 3.10. The summed E-state index contributed by atoms with van der Waals surface area (Å²) >= 11 is 0. The van der Waals surface area contributed by atoms with Crippen LogP contribution in [0.15, 0.2) is 18.3 Å². The molecular formula is C10H15N3. The van der Waals surface area contributed by atoms with E-state index in [9.17, 15) is 0 Å². The second-order valence-electron chi connectivity index (χ2n) is 3.40. The molecule has 0 radical (unpaired) electrons. The number of nitrogens with two attached hydrogens (primary N) is 1. The highest BCUT2D eigenvalue weighted by atomic mass is 15.0. The zero-order valence-electron chi connectivity index (χ0n) is 8.07. The van der Waals surface area contributed by atoms with Crippen molar-refractivity contribution in [2.75, 3.05) is 0 Å². The topological polar surface area (TPSA) is 54.7 Å². The van der Waals surface area contributed by atoms with Crippen LogP contribution in [0.1, 0.15) is 38.0 Å². The van der Waals surface area contributed by atoms with Gasteiger partial charge in [0.2, 0.25) is 0 Å². The van der Waals surface area contributed by atoms with Crippen molar-refractivity contribution in [3.63, 3.8) is 0 Å². The quantitative estimate of drug-likeness (QED) is 0.767. The first-order valence-corrected chi connectivity index (χ1v) is 4.46. The van der Waals surface area contributed by atoms with Crippen molar-refractivity contribution in [3.05, 3.63) is 24.0 Å². The van der Waals surface area contributed by atoms with Crippen LogP contribution in [0.4, 0.5) is 0 Å². The van der Waals surface area contributed by atoms with Crippen LogP contribution in [-0.4, -0.2) is 4.57 Å². The monoisotopic (exact) mass is 177 g/mol. The Morgan fingerprint density at radius 1 is 1.62 bits per heavy atom. The lowest BCUT2D eigenvalue weighted by Crippen LogP contribution is -2.15. The van der Waals surface area contributed by atoms with Crippen LogP contribution in [0.5, 0.6) is 0 Å². The SMILES string of the molecule is CC(C)n1cccc1[C@H](N)CC#N. The van der Waals surface area contributed by atoms with Crippen LogP contribution in [0.25, 0.3) is 0 Å². The molecule has 0 aliphatic rings. The van der Waals surface area contributed by atoms with Gasteiger partial charge in [0.25, 0.3) is 0 Å². The Morgan fingerprint density at radius 3 is 2.85 bits per heavy atom. The molecule has 2 N–H and O–H groups in total. The number of hydrogen-bond acceptors (Lipinski definition) is 2. The molecule has 1 aromatic rings. The molecule has 0 saturated heterocycles. The van der Waals surface area contributed by atoms with E-state index in [1.165, 1.54) is 0 Å². The highest BCUT2D eigenvalue weighted by Crippen LogP contribution is 2.18. The summed E-state index contributed by atoms with van der Waals surface area (Å²) in [5, 5.41) is 8.53. The van der Waals surface area contributed by atoms with E-state index in [0.29, 0.717) is 12.5 Å². The van der Waals surface area contributed by atoms with Crippen molar-refractivity contribution < 1.29 is 0 Å². The van der Waals surface area contributed by atoms with E-state index in [2.05, 4.69) is 24.5 Å². The first-order chi connectivity index (χ1) is 6.16. The fourth-order valence-corrected chi connectivity index (χ4v) is 1.39. The van der Waals surface area contributed by atoms with E-state index in [1.807, 2.05) is 18.3 Å². The van der Waals surface area contributed by atoms with Gasteiger partial charge in [-0.15, -0.1) is 0 Å². The van der Waals surface area contributed by atoms with Crippen molar-refractivity contribution >= 4 is 0 Å². The summed E-state index contributed by atoms with van der Waals surface area (Å²) in [6.07, 6.45) is 2.37. The smallest absolute Gasteiger partial charge is 0.0642 e. The van der Waals surface area contributed by atoms with Gasteiger partial charge in [-0.1, -0.05) is 0 Å². The minimum Gasteiger partial charge on any atom is -0.347 e. The lowest BCUT2D eigenvalue weighted by Gasteiger charge is -2.16. The Balaban J connectivity index is 2.88. The number of hydrogen-bond donors (Lipinski definition) is 1. The molecule has 13 heavy (non-hydrogen) atoms. The Hall–Kier alpha value is -1.27. The molecule has 0 spiro atoms. The number of aromatic nitrogens is 1. The molecule has 0 amide bonds. The highest BCUT2D eigenvalue weighted by molar-refractivity contribution is 5.13. The van der Waals surface area contributed by atoms with Crippen LogP contribution >= 0.6 is 0 Å². The normalized spacial score (nSPS) is 12.8. The van der Waals surface area contributed by atoms with Gasteiger partial charge in [-0.3, -0.25) is 0 Å². The van der Waals surface area contributed by atoms with Crippen molar-refractivity contribution in [1.29, 1.82) is 5.26 Å². The van der Waals surface area contributed by atoms with E-state index in [4.69, 9.17) is 11.0 Å². The summed E-state index contributed by atoms with van der Waals surface area (Å²) in [5.41, 5.74) is 6.88. The fourth-order valence-electron chi connectivity index (χ4n) is 1.39. The maximum Gasteiger partial charge on any atom is 0.0642 e. The second-order valence-corrected chi connectivity index (χ2v) is 3.40. The first-order valence-electron chi connectivity index (χ1n) is 4.46. The van der Waals surface area contributed by atoms with Crippen molar-refractivity contribution in [3.8, 4) is 6.07 Å². The summed E-state index contributed by atoms with van der Waals surface area (Å²) in [5.74, 6) is 0. The molecule has 70 valence electrons. The second kappa shape index (κ2) is 4.11. The summed E-state index contributed by atoms with van der Waals surface area (Å²) < 4.78 is 2.10. The van der Waals surface area contributed by atoms with Crippen LogP contribution < -0.4 is 5.73 Å². The number of nitrogens with zero attached hydrogens (tertiary/aromatic N) is 2. The third-order valence-corrected chi connectivity index (χ3v) is 2.06. The molecule has 0 unspecified atom stereocenters. The first kappa shape index (κ1) is 9.82. The van der Waals surface area contributed by atoms with Crippen LogP contribution in [0.3, 0.4) is 0 Å². The molecular weight excluding hydrogens is 162 g/mol. The van der Waals surface area contributed by atoms with Crippen LogP contribution in [-0.2, 0) is 0 Å². The summed E-state index contributed by atoms with van der Waals surface area (Å²) in [7, 11) is 0. The molecule has 0 aromatic carbocycles. The van der Waals surface area contributed by atoms with Gasteiger partial charge in [0.1, 0.15) is 0 Å². The molecule has 0 bridgehead atoms. The van der Waals surface area contributed by atoms with Gasteiger partial charge in [0.15, 0.2) is 0 Å². The van der Waals surface area contributed by atoms with Gasteiger partial charge in [-0.25, -0.2) is 0 Å².